The number of nitrogens with zero attached hydrogens (tertiary/aromatic N) is 1. The molecule has 3 nitrogen and oxygen atoms in total. The van der Waals surface area contributed by atoms with E-state index in [2.05, 4.69) is 4.99 Å². The molecular formula is C6H5NO2S2. The number of hydrogen-bond donors (Lipinski definition) is 2. The van der Waals surface area contributed by atoms with Crippen molar-refractivity contribution in [1.82, 2.24) is 0 Å². The molecule has 0 bridgehead atoms. The molecule has 0 aromatic heterocycles. The van der Waals surface area contributed by atoms with Gasteiger partial charge in [0.1, 0.15) is 10.3 Å². The van der Waals surface area contributed by atoms with Crippen molar-refractivity contribution in [3.05, 3.63) is 22.6 Å². The topological polar surface area (TPSA) is 52.8 Å². The van der Waals surface area contributed by atoms with Gasteiger partial charge in [0, 0.05) is 5.41 Å². The summed E-state index contributed by atoms with van der Waals surface area (Å²) in [5, 5.41) is 19.9. The minimum atomic E-state index is -0.0880. The maximum atomic E-state index is 9.27. The van der Waals surface area contributed by atoms with Crippen molar-refractivity contribution < 1.29 is 10.2 Å². The maximum absolute atomic E-state index is 9.27. The van der Waals surface area contributed by atoms with Gasteiger partial charge in [-0.2, -0.15) is 0 Å². The van der Waals surface area contributed by atoms with Crippen LogP contribution >= 0.6 is 23.5 Å². The highest BCUT2D eigenvalue weighted by atomic mass is 32.2. The van der Waals surface area contributed by atoms with Gasteiger partial charge < -0.3 is 10.2 Å². The van der Waals surface area contributed by atoms with Crippen LogP contribution in [0.4, 0.5) is 0 Å². The summed E-state index contributed by atoms with van der Waals surface area (Å²) in [6.45, 7) is 0. The van der Waals surface area contributed by atoms with E-state index >= 15 is 0 Å². The Morgan fingerprint density at radius 1 is 1.36 bits per heavy atom. The first-order valence-corrected chi connectivity index (χ1v) is 4.83. The average molecular weight is 187 g/mol. The monoisotopic (exact) mass is 187 g/mol. The number of fused-ring (bicyclic) bond motifs is 1. The van der Waals surface area contributed by atoms with Gasteiger partial charge in [-0.25, -0.2) is 4.99 Å². The van der Waals surface area contributed by atoms with E-state index in [9.17, 15) is 5.11 Å². The van der Waals surface area contributed by atoms with Gasteiger partial charge in [-0.05, 0) is 0 Å². The zero-order chi connectivity index (χ0) is 7.84. The second-order valence-corrected chi connectivity index (χ2v) is 4.31. The van der Waals surface area contributed by atoms with Gasteiger partial charge in [0.15, 0.2) is 11.5 Å². The third-order valence-electron chi connectivity index (χ3n) is 1.39. The van der Waals surface area contributed by atoms with Gasteiger partial charge in [0.25, 0.3) is 0 Å². The lowest BCUT2D eigenvalue weighted by Crippen LogP contribution is -2.04. The molecule has 0 radical (unpaired) electrons. The van der Waals surface area contributed by atoms with Gasteiger partial charge in [0.05, 0.1) is 5.55 Å². The molecule has 0 aliphatic carbocycles. The van der Waals surface area contributed by atoms with Crippen LogP contribution in [0, 0.1) is 0 Å². The van der Waals surface area contributed by atoms with Crippen molar-refractivity contribution in [2.75, 3.05) is 0 Å². The molecule has 5 heteroatoms. The summed E-state index contributed by atoms with van der Waals surface area (Å²) >= 11 is 2.98. The fraction of sp³-hybridized carbons (Fsp3) is 0.167. The Kier molecular flexibility index (Phi) is 1.61. The predicted octanol–water partition coefficient (Wildman–Crippen LogP) is 2.00. The molecule has 0 aromatic rings. The lowest BCUT2D eigenvalue weighted by atomic mass is 10.3. The van der Waals surface area contributed by atoms with E-state index in [0.29, 0.717) is 5.70 Å². The SMILES string of the molecule is OC1=CSC2SC=NC2=C1O. The minimum Gasteiger partial charge on any atom is -0.504 e. The van der Waals surface area contributed by atoms with Crippen LogP contribution in [0.15, 0.2) is 27.6 Å². The third kappa shape index (κ3) is 1.04. The largest absolute Gasteiger partial charge is 0.504 e. The van der Waals surface area contributed by atoms with Crippen molar-refractivity contribution in [2.24, 2.45) is 4.99 Å². The lowest BCUT2D eigenvalue weighted by Gasteiger charge is -2.13. The van der Waals surface area contributed by atoms with E-state index in [1.54, 1.807) is 5.55 Å². The minimum absolute atomic E-state index is 0.0825. The number of thioether (sulfide) groups is 2. The molecule has 0 amide bonds. The van der Waals surface area contributed by atoms with Gasteiger partial charge in [-0.15, -0.1) is 11.8 Å². The number of aliphatic imine (C=N–C) groups is 1. The summed E-state index contributed by atoms with van der Waals surface area (Å²) in [6, 6.07) is 0. The summed E-state index contributed by atoms with van der Waals surface area (Å²) in [7, 11) is 0. The Labute approximate surface area is 71.9 Å². The fourth-order valence-electron chi connectivity index (χ4n) is 0.850. The Bertz CT molecular complexity index is 282. The second kappa shape index (κ2) is 2.49. The molecule has 0 fully saturated rings. The summed E-state index contributed by atoms with van der Waals surface area (Å²) in [5.74, 6) is -0.170. The van der Waals surface area contributed by atoms with Crippen molar-refractivity contribution in [3.8, 4) is 0 Å². The van der Waals surface area contributed by atoms with E-state index < -0.39 is 0 Å². The highest BCUT2D eigenvalue weighted by Gasteiger charge is 2.27. The highest BCUT2D eigenvalue weighted by Crippen LogP contribution is 2.41. The highest BCUT2D eigenvalue weighted by molar-refractivity contribution is 8.25. The zero-order valence-corrected chi connectivity index (χ0v) is 7.02. The molecule has 0 spiro atoms. The quantitative estimate of drug-likeness (QED) is 0.609. The van der Waals surface area contributed by atoms with Gasteiger partial charge in [-0.1, -0.05) is 11.8 Å². The average Bonchev–Trinajstić information content (AvgIpc) is 2.45. The van der Waals surface area contributed by atoms with Crippen LogP contribution in [-0.4, -0.2) is 20.3 Å². The van der Waals surface area contributed by atoms with Crippen LogP contribution in [0.5, 0.6) is 0 Å². The van der Waals surface area contributed by atoms with Crippen LogP contribution < -0.4 is 0 Å². The normalized spacial score (nSPS) is 28.7. The fourth-order valence-corrected chi connectivity index (χ4v) is 2.67. The van der Waals surface area contributed by atoms with E-state index in [4.69, 9.17) is 5.11 Å². The van der Waals surface area contributed by atoms with E-state index in [0.717, 1.165) is 0 Å². The molecule has 0 saturated heterocycles. The molecule has 2 N–H and O–H groups in total. The zero-order valence-electron chi connectivity index (χ0n) is 5.39. The number of rotatable bonds is 0. The molecule has 1 unspecified atom stereocenters. The smallest absolute Gasteiger partial charge is 0.182 e. The molecule has 1 atom stereocenters. The Morgan fingerprint density at radius 3 is 3.00 bits per heavy atom. The first-order valence-electron chi connectivity index (χ1n) is 2.95. The molecule has 0 saturated carbocycles. The number of aliphatic hydroxyl groups is 2. The summed E-state index contributed by atoms with van der Waals surface area (Å²) in [6.07, 6.45) is 0. The molecule has 2 aliphatic rings. The molecule has 11 heavy (non-hydrogen) atoms. The first-order chi connectivity index (χ1) is 5.29. The first kappa shape index (κ1) is 7.12. The molecular weight excluding hydrogens is 182 g/mol. The Balaban J connectivity index is 2.43. The third-order valence-corrected chi connectivity index (χ3v) is 3.58. The van der Waals surface area contributed by atoms with Crippen LogP contribution in [0.25, 0.3) is 0 Å². The second-order valence-electron chi connectivity index (χ2n) is 2.08. The molecule has 2 heterocycles. The predicted molar refractivity (Wildman–Crippen MR) is 47.8 cm³/mol. The van der Waals surface area contributed by atoms with Crippen molar-refractivity contribution in [1.29, 1.82) is 0 Å². The number of aliphatic hydroxyl groups excluding tert-OH is 2. The molecule has 2 rings (SSSR count). The Morgan fingerprint density at radius 2 is 2.18 bits per heavy atom. The van der Waals surface area contributed by atoms with Crippen LogP contribution in [-0.2, 0) is 0 Å². The van der Waals surface area contributed by atoms with Crippen molar-refractivity contribution in [3.63, 3.8) is 0 Å². The standard InChI is InChI=1S/C6H5NO2S2/c8-3-1-10-6-4(5(3)9)7-2-11-6/h1-2,6,8-9H. The Hall–Kier alpha value is -0.550. The van der Waals surface area contributed by atoms with E-state index in [-0.39, 0.29) is 16.1 Å². The molecule has 2 aliphatic heterocycles. The maximum Gasteiger partial charge on any atom is 0.182 e. The van der Waals surface area contributed by atoms with Gasteiger partial charge >= 0.3 is 0 Å². The van der Waals surface area contributed by atoms with Crippen LogP contribution in [0.1, 0.15) is 0 Å². The van der Waals surface area contributed by atoms with E-state index in [1.807, 2.05) is 0 Å². The van der Waals surface area contributed by atoms with Crippen LogP contribution in [0.3, 0.4) is 0 Å². The van der Waals surface area contributed by atoms with Gasteiger partial charge in [0.2, 0.25) is 0 Å². The van der Waals surface area contributed by atoms with E-state index in [1.165, 1.54) is 28.9 Å². The lowest BCUT2D eigenvalue weighted by molar-refractivity contribution is 0.322. The number of hydrogen-bond acceptors (Lipinski definition) is 5. The molecule has 58 valence electrons. The van der Waals surface area contributed by atoms with Crippen molar-refractivity contribution >= 4 is 29.1 Å². The van der Waals surface area contributed by atoms with Crippen LogP contribution in [0.2, 0.25) is 0 Å². The summed E-state index contributed by atoms with van der Waals surface area (Å²) < 4.78 is 0.130. The van der Waals surface area contributed by atoms with Crippen molar-refractivity contribution in [2.45, 2.75) is 4.58 Å². The summed E-state index contributed by atoms with van der Waals surface area (Å²) in [5.41, 5.74) is 2.25. The van der Waals surface area contributed by atoms with Gasteiger partial charge in [-0.3, -0.25) is 0 Å². The molecule has 0 aromatic carbocycles. The summed E-state index contributed by atoms with van der Waals surface area (Å²) in [4.78, 5) is 3.94.